The van der Waals surface area contributed by atoms with Gasteiger partial charge in [-0.3, -0.25) is 0 Å². The lowest BCUT2D eigenvalue weighted by molar-refractivity contribution is 0.0690. The Morgan fingerprint density at radius 1 is 1.57 bits per heavy atom. The molecule has 0 radical (unpaired) electrons. The van der Waals surface area contributed by atoms with Crippen molar-refractivity contribution in [2.45, 2.75) is 18.8 Å². The number of hydrogen-bond acceptors (Lipinski definition) is 4. The van der Waals surface area contributed by atoms with Crippen LogP contribution in [0.5, 0.6) is 5.88 Å². The Kier molecular flexibility index (Phi) is 2.07. The molecule has 1 fully saturated rings. The molecule has 1 heterocycles. The molecule has 1 aromatic rings. The summed E-state index contributed by atoms with van der Waals surface area (Å²) >= 11 is 0. The highest BCUT2D eigenvalue weighted by atomic mass is 16.5. The zero-order valence-corrected chi connectivity index (χ0v) is 7.73. The number of aromatic nitrogens is 2. The number of rotatable bonds is 3. The van der Waals surface area contributed by atoms with E-state index in [9.17, 15) is 4.79 Å². The maximum Gasteiger partial charge on any atom is 0.343 e. The fraction of sp³-hybridized carbons (Fsp3) is 0.444. The smallest absolute Gasteiger partial charge is 0.343 e. The van der Waals surface area contributed by atoms with E-state index in [4.69, 9.17) is 9.84 Å². The van der Waals surface area contributed by atoms with Crippen LogP contribution in [0.3, 0.4) is 0 Å². The summed E-state index contributed by atoms with van der Waals surface area (Å²) in [4.78, 5) is 18.7. The van der Waals surface area contributed by atoms with Crippen LogP contribution < -0.4 is 4.74 Å². The lowest BCUT2D eigenvalue weighted by Gasteiger charge is -2.06. The summed E-state index contributed by atoms with van der Waals surface area (Å²) in [6, 6.07) is 0. The summed E-state index contributed by atoms with van der Waals surface area (Å²) in [5.41, 5.74) is 0.710. The maximum absolute atomic E-state index is 11.0. The Hall–Kier alpha value is -1.65. The van der Waals surface area contributed by atoms with E-state index in [1.165, 1.54) is 13.4 Å². The first-order valence-electron chi connectivity index (χ1n) is 4.36. The van der Waals surface area contributed by atoms with Crippen LogP contribution in [0.25, 0.3) is 0 Å². The molecule has 1 aromatic heterocycles. The van der Waals surface area contributed by atoms with Crippen molar-refractivity contribution in [1.82, 2.24) is 9.97 Å². The van der Waals surface area contributed by atoms with Gasteiger partial charge in [-0.05, 0) is 12.8 Å². The number of nitrogens with zero attached hydrogens (tertiary/aromatic N) is 2. The minimum atomic E-state index is -1.02. The van der Waals surface area contributed by atoms with E-state index in [1.54, 1.807) is 0 Å². The third-order valence-corrected chi connectivity index (χ3v) is 2.21. The number of carboxylic acid groups (broad SMARTS) is 1. The highest BCUT2D eigenvalue weighted by molar-refractivity contribution is 5.91. The second-order valence-electron chi connectivity index (χ2n) is 3.22. The fourth-order valence-electron chi connectivity index (χ4n) is 1.40. The predicted molar refractivity (Wildman–Crippen MR) is 47.5 cm³/mol. The minimum absolute atomic E-state index is 0.109. The zero-order chi connectivity index (χ0) is 10.1. The van der Waals surface area contributed by atoms with Crippen LogP contribution in [0.1, 0.15) is 34.8 Å². The topological polar surface area (TPSA) is 72.3 Å². The van der Waals surface area contributed by atoms with Crippen LogP contribution in [0.4, 0.5) is 0 Å². The number of ether oxygens (including phenoxy) is 1. The first kappa shape index (κ1) is 8.93. The van der Waals surface area contributed by atoms with Crippen molar-refractivity contribution in [2.24, 2.45) is 0 Å². The van der Waals surface area contributed by atoms with Gasteiger partial charge in [0.25, 0.3) is 0 Å². The van der Waals surface area contributed by atoms with Crippen LogP contribution in [-0.2, 0) is 0 Å². The quantitative estimate of drug-likeness (QED) is 0.778. The second-order valence-corrected chi connectivity index (χ2v) is 3.22. The Labute approximate surface area is 80.8 Å². The van der Waals surface area contributed by atoms with Crippen molar-refractivity contribution in [1.29, 1.82) is 0 Å². The summed E-state index contributed by atoms with van der Waals surface area (Å²) in [6.07, 6.45) is 3.35. The molecular formula is C9H10N2O3. The van der Waals surface area contributed by atoms with Crippen LogP contribution in [0.2, 0.25) is 0 Å². The van der Waals surface area contributed by atoms with Crippen LogP contribution in [0, 0.1) is 0 Å². The molecule has 14 heavy (non-hydrogen) atoms. The van der Waals surface area contributed by atoms with Gasteiger partial charge < -0.3 is 9.84 Å². The van der Waals surface area contributed by atoms with Gasteiger partial charge in [0.1, 0.15) is 11.9 Å². The monoisotopic (exact) mass is 194 g/mol. The molecule has 0 bridgehead atoms. The average molecular weight is 194 g/mol. The van der Waals surface area contributed by atoms with Crippen molar-refractivity contribution in [2.75, 3.05) is 7.11 Å². The van der Waals surface area contributed by atoms with Crippen molar-refractivity contribution >= 4 is 5.97 Å². The van der Waals surface area contributed by atoms with Crippen molar-refractivity contribution in [3.8, 4) is 5.88 Å². The van der Waals surface area contributed by atoms with E-state index >= 15 is 0 Å². The second kappa shape index (κ2) is 3.25. The fourth-order valence-corrected chi connectivity index (χ4v) is 1.40. The molecule has 5 heteroatoms. The van der Waals surface area contributed by atoms with Gasteiger partial charge in [0, 0.05) is 5.92 Å². The molecule has 0 saturated heterocycles. The predicted octanol–water partition coefficient (Wildman–Crippen LogP) is 1.06. The highest BCUT2D eigenvalue weighted by Crippen LogP contribution is 2.41. The Balaban J connectivity index is 2.52. The summed E-state index contributed by atoms with van der Waals surface area (Å²) in [5.74, 6) is -0.600. The van der Waals surface area contributed by atoms with Crippen molar-refractivity contribution in [3.05, 3.63) is 17.6 Å². The van der Waals surface area contributed by atoms with Crippen LogP contribution in [0.15, 0.2) is 6.33 Å². The van der Waals surface area contributed by atoms with Crippen LogP contribution >= 0.6 is 0 Å². The highest BCUT2D eigenvalue weighted by Gasteiger charge is 2.32. The van der Waals surface area contributed by atoms with E-state index in [2.05, 4.69) is 9.97 Å². The van der Waals surface area contributed by atoms with Gasteiger partial charge in [0.05, 0.1) is 12.8 Å². The molecular weight excluding hydrogens is 184 g/mol. The first-order valence-corrected chi connectivity index (χ1v) is 4.36. The molecule has 0 unspecified atom stereocenters. The molecule has 2 rings (SSSR count). The van der Waals surface area contributed by atoms with E-state index < -0.39 is 5.97 Å². The molecule has 0 aliphatic heterocycles. The summed E-state index contributed by atoms with van der Waals surface area (Å²) in [6.45, 7) is 0. The molecule has 5 nitrogen and oxygen atoms in total. The molecule has 0 aromatic carbocycles. The minimum Gasteiger partial charge on any atom is -0.480 e. The largest absolute Gasteiger partial charge is 0.480 e. The summed E-state index contributed by atoms with van der Waals surface area (Å²) in [5, 5.41) is 8.99. The molecule has 74 valence electrons. The number of carboxylic acids is 1. The van der Waals surface area contributed by atoms with E-state index in [1.807, 2.05) is 0 Å². The average Bonchev–Trinajstić information content (AvgIpc) is 2.99. The van der Waals surface area contributed by atoms with Crippen LogP contribution in [-0.4, -0.2) is 28.2 Å². The summed E-state index contributed by atoms with van der Waals surface area (Å²) in [7, 11) is 1.41. The number of carbonyl (C=O) groups is 1. The summed E-state index contributed by atoms with van der Waals surface area (Å²) < 4.78 is 4.89. The lowest BCUT2D eigenvalue weighted by Crippen LogP contribution is -2.08. The lowest BCUT2D eigenvalue weighted by atomic mass is 10.1. The third-order valence-electron chi connectivity index (χ3n) is 2.21. The molecule has 0 amide bonds. The van der Waals surface area contributed by atoms with Crippen molar-refractivity contribution in [3.63, 3.8) is 0 Å². The molecule has 1 aliphatic rings. The Morgan fingerprint density at radius 2 is 2.29 bits per heavy atom. The van der Waals surface area contributed by atoms with E-state index in [-0.39, 0.29) is 17.4 Å². The normalized spacial score (nSPS) is 15.2. The van der Waals surface area contributed by atoms with Crippen molar-refractivity contribution < 1.29 is 14.6 Å². The van der Waals surface area contributed by atoms with Gasteiger partial charge in [0.15, 0.2) is 0 Å². The molecule has 1 saturated carbocycles. The third kappa shape index (κ3) is 1.41. The molecule has 1 N–H and O–H groups in total. The number of aromatic carboxylic acids is 1. The van der Waals surface area contributed by atoms with E-state index in [0.29, 0.717) is 5.69 Å². The standard InChI is InChI=1S/C9H10N2O3/c1-14-8-6(9(12)13)7(5-2-3-5)10-4-11-8/h4-5H,2-3H2,1H3,(H,12,13). The Bertz CT molecular complexity index is 374. The first-order chi connectivity index (χ1) is 6.74. The van der Waals surface area contributed by atoms with Gasteiger partial charge in [-0.1, -0.05) is 0 Å². The molecule has 1 aliphatic carbocycles. The van der Waals surface area contributed by atoms with Gasteiger partial charge >= 0.3 is 5.97 Å². The van der Waals surface area contributed by atoms with Gasteiger partial charge in [0.2, 0.25) is 5.88 Å². The zero-order valence-electron chi connectivity index (χ0n) is 7.73. The number of methoxy groups -OCH3 is 1. The van der Waals surface area contributed by atoms with E-state index in [0.717, 1.165) is 12.8 Å². The SMILES string of the molecule is COc1ncnc(C2CC2)c1C(=O)O. The number of hydrogen-bond donors (Lipinski definition) is 1. The molecule has 0 atom stereocenters. The molecule has 0 spiro atoms. The van der Waals surface area contributed by atoms with Gasteiger partial charge in [-0.2, -0.15) is 0 Å². The van der Waals surface area contributed by atoms with Gasteiger partial charge in [-0.15, -0.1) is 0 Å². The Morgan fingerprint density at radius 3 is 2.79 bits per heavy atom. The van der Waals surface area contributed by atoms with Gasteiger partial charge in [-0.25, -0.2) is 14.8 Å². The maximum atomic E-state index is 11.0.